The Bertz CT molecular complexity index is 1960. The number of hydrogen-bond acceptors (Lipinski definition) is 8. The van der Waals surface area contributed by atoms with Crippen LogP contribution in [0.1, 0.15) is 86.2 Å². The molecule has 0 amide bonds. The lowest BCUT2D eigenvalue weighted by atomic mass is 9.93. The summed E-state index contributed by atoms with van der Waals surface area (Å²) in [4.78, 5) is 25.3. The van der Waals surface area contributed by atoms with Gasteiger partial charge in [-0.3, -0.25) is 9.58 Å². The van der Waals surface area contributed by atoms with Gasteiger partial charge in [0.1, 0.15) is 18.0 Å². The lowest BCUT2D eigenvalue weighted by molar-refractivity contribution is -0.0592. The summed E-state index contributed by atoms with van der Waals surface area (Å²) in [6.45, 7) is 11.3. The van der Waals surface area contributed by atoms with Gasteiger partial charge in [-0.05, 0) is 108 Å². The number of imidazole rings is 1. The van der Waals surface area contributed by atoms with E-state index in [2.05, 4.69) is 49.6 Å². The van der Waals surface area contributed by atoms with Crippen LogP contribution in [0, 0.1) is 5.92 Å². The Morgan fingerprint density at radius 2 is 1.78 bits per heavy atom. The smallest absolute Gasteiger partial charge is 0.338 e. The molecule has 10 heteroatoms. The van der Waals surface area contributed by atoms with E-state index in [1.807, 2.05) is 51.2 Å². The van der Waals surface area contributed by atoms with Crippen molar-refractivity contribution in [2.45, 2.75) is 96.7 Å². The molecule has 49 heavy (non-hydrogen) atoms. The second kappa shape index (κ2) is 13.2. The highest BCUT2D eigenvalue weighted by atomic mass is 16.6. The van der Waals surface area contributed by atoms with Crippen molar-refractivity contribution in [2.75, 3.05) is 19.7 Å². The predicted octanol–water partition coefficient (Wildman–Crippen LogP) is 6.89. The third-order valence-electron chi connectivity index (χ3n) is 9.98. The third-order valence-corrected chi connectivity index (χ3v) is 9.98. The van der Waals surface area contributed by atoms with Crippen LogP contribution in [0.25, 0.3) is 21.9 Å². The average molecular weight is 663 g/mol. The number of carbonyl (C=O) groups is 1. The van der Waals surface area contributed by atoms with Crippen molar-refractivity contribution < 1.29 is 19.0 Å². The van der Waals surface area contributed by atoms with Gasteiger partial charge in [-0.25, -0.2) is 14.8 Å². The van der Waals surface area contributed by atoms with Gasteiger partial charge in [-0.2, -0.15) is 5.10 Å². The largest absolute Gasteiger partial charge is 0.473 e. The molecule has 2 saturated heterocycles. The number of esters is 1. The Hall–Kier alpha value is -4.28. The Morgan fingerprint density at radius 3 is 2.53 bits per heavy atom. The van der Waals surface area contributed by atoms with Crippen LogP contribution in [0.5, 0.6) is 5.88 Å². The molecule has 1 aliphatic carbocycles. The average Bonchev–Trinajstić information content (AvgIpc) is 3.71. The molecule has 0 N–H and O–H groups in total. The molecular weight excluding hydrogens is 616 g/mol. The van der Waals surface area contributed by atoms with Gasteiger partial charge >= 0.3 is 5.97 Å². The minimum atomic E-state index is -0.553. The summed E-state index contributed by atoms with van der Waals surface area (Å²) < 4.78 is 22.1. The van der Waals surface area contributed by atoms with Gasteiger partial charge in [-0.1, -0.05) is 18.2 Å². The molecule has 3 aliphatic rings. The van der Waals surface area contributed by atoms with E-state index in [0.29, 0.717) is 24.0 Å². The standard InChI is InChI=1S/C39H46N6O4/c1-39(2,3)49-38(46)29-11-12-33-35(20-29)44(23-31-15-18-47-31)36(41-33)24-43-16-13-28(14-17-43)32-5-4-6-37(42-32)48-25-27-9-10-30-21-40-45(34(30)19-27)22-26-7-8-26/h4-6,9-12,19-21,26,28,31H,7-8,13-18,22-25H2,1-3H3/t31-/m0/s1. The number of hydrogen-bond donors (Lipinski definition) is 0. The molecule has 3 fully saturated rings. The van der Waals surface area contributed by atoms with Crippen molar-refractivity contribution in [3.63, 3.8) is 0 Å². The lowest BCUT2D eigenvalue weighted by Crippen LogP contribution is -2.35. The van der Waals surface area contributed by atoms with Crippen LogP contribution in [-0.2, 0) is 35.7 Å². The van der Waals surface area contributed by atoms with Crippen molar-refractivity contribution in [1.82, 2.24) is 29.2 Å². The van der Waals surface area contributed by atoms with Gasteiger partial charge in [0.15, 0.2) is 0 Å². The first-order valence-corrected chi connectivity index (χ1v) is 17.8. The molecule has 3 aromatic heterocycles. The first-order chi connectivity index (χ1) is 23.7. The van der Waals surface area contributed by atoms with Crippen LogP contribution in [0.2, 0.25) is 0 Å². The molecule has 5 aromatic rings. The van der Waals surface area contributed by atoms with Crippen LogP contribution < -0.4 is 4.74 Å². The van der Waals surface area contributed by atoms with Crippen LogP contribution in [0.3, 0.4) is 0 Å². The molecule has 5 heterocycles. The number of benzene rings is 2. The van der Waals surface area contributed by atoms with E-state index in [1.54, 1.807) is 0 Å². The quantitative estimate of drug-likeness (QED) is 0.141. The highest BCUT2D eigenvalue weighted by Gasteiger charge is 2.27. The molecular formula is C39H46N6O4. The molecule has 8 rings (SSSR count). The van der Waals surface area contributed by atoms with Crippen LogP contribution in [0.15, 0.2) is 60.8 Å². The van der Waals surface area contributed by atoms with Crippen LogP contribution in [0.4, 0.5) is 0 Å². The molecule has 10 nitrogen and oxygen atoms in total. The van der Waals surface area contributed by atoms with Crippen molar-refractivity contribution in [3.8, 4) is 5.88 Å². The van der Waals surface area contributed by atoms with Crippen LogP contribution >= 0.6 is 0 Å². The van der Waals surface area contributed by atoms with Crippen molar-refractivity contribution in [2.24, 2.45) is 5.92 Å². The maximum atomic E-state index is 12.9. The molecule has 256 valence electrons. The molecule has 0 radical (unpaired) electrons. The van der Waals surface area contributed by atoms with Gasteiger partial charge in [0.25, 0.3) is 0 Å². The lowest BCUT2D eigenvalue weighted by Gasteiger charge is -2.32. The summed E-state index contributed by atoms with van der Waals surface area (Å²) in [5.41, 5.74) is 5.24. The summed E-state index contributed by atoms with van der Waals surface area (Å²) in [7, 11) is 0. The number of carbonyl (C=O) groups excluding carboxylic acids is 1. The minimum absolute atomic E-state index is 0.173. The second-order valence-electron chi connectivity index (χ2n) is 15.0. The Balaban J connectivity index is 0.910. The highest BCUT2D eigenvalue weighted by Crippen LogP contribution is 2.32. The van der Waals surface area contributed by atoms with Crippen molar-refractivity contribution in [3.05, 3.63) is 83.4 Å². The maximum Gasteiger partial charge on any atom is 0.338 e. The first-order valence-electron chi connectivity index (χ1n) is 17.8. The van der Waals surface area contributed by atoms with Crippen LogP contribution in [-0.4, -0.2) is 66.6 Å². The fourth-order valence-electron chi connectivity index (χ4n) is 6.97. The van der Waals surface area contributed by atoms with Gasteiger partial charge in [-0.15, -0.1) is 0 Å². The topological polar surface area (TPSA) is 96.5 Å². The third kappa shape index (κ3) is 7.35. The fraction of sp³-hybridized carbons (Fsp3) is 0.487. The Labute approximate surface area is 287 Å². The second-order valence-corrected chi connectivity index (χ2v) is 15.0. The zero-order chi connectivity index (χ0) is 33.5. The van der Waals surface area contributed by atoms with E-state index in [4.69, 9.17) is 24.2 Å². The van der Waals surface area contributed by atoms with Gasteiger partial charge < -0.3 is 18.8 Å². The monoisotopic (exact) mass is 662 g/mol. The van der Waals surface area contributed by atoms with Gasteiger partial charge in [0, 0.05) is 36.2 Å². The molecule has 0 spiro atoms. The summed E-state index contributed by atoms with van der Waals surface area (Å²) in [5.74, 6) is 2.52. The predicted molar refractivity (Wildman–Crippen MR) is 188 cm³/mol. The number of rotatable bonds is 11. The molecule has 2 aromatic carbocycles. The number of piperidine rings is 1. The molecule has 2 aliphatic heterocycles. The van der Waals surface area contributed by atoms with Crippen molar-refractivity contribution >= 4 is 27.9 Å². The highest BCUT2D eigenvalue weighted by molar-refractivity contribution is 5.94. The first kappa shape index (κ1) is 32.0. The molecule has 1 atom stereocenters. The molecule has 1 saturated carbocycles. The summed E-state index contributed by atoms with van der Waals surface area (Å²) in [6.07, 6.45) is 7.83. The summed E-state index contributed by atoms with van der Waals surface area (Å²) in [6, 6.07) is 18.3. The van der Waals surface area contributed by atoms with E-state index in [9.17, 15) is 4.79 Å². The zero-order valence-electron chi connectivity index (χ0n) is 28.8. The van der Waals surface area contributed by atoms with E-state index >= 15 is 0 Å². The van der Waals surface area contributed by atoms with Crippen molar-refractivity contribution in [1.29, 1.82) is 0 Å². The van der Waals surface area contributed by atoms with Gasteiger partial charge in [0.05, 0.1) is 47.5 Å². The summed E-state index contributed by atoms with van der Waals surface area (Å²) in [5, 5.41) is 5.79. The summed E-state index contributed by atoms with van der Waals surface area (Å²) >= 11 is 0. The normalized spacial score (nSPS) is 19.0. The SMILES string of the molecule is CC(C)(C)OC(=O)c1ccc2nc(CN3CCC(c4cccc(OCc5ccc6cnn(CC7CC7)c6c5)n4)CC3)n(C[C@@H]3CCO3)c2c1. The fourth-order valence-corrected chi connectivity index (χ4v) is 6.97. The number of ether oxygens (including phenoxy) is 3. The number of pyridine rings is 1. The Morgan fingerprint density at radius 1 is 0.939 bits per heavy atom. The van der Waals surface area contributed by atoms with E-state index in [0.717, 1.165) is 92.6 Å². The number of likely N-dealkylation sites (tertiary alicyclic amines) is 1. The minimum Gasteiger partial charge on any atom is -0.473 e. The molecule has 0 unspecified atom stereocenters. The van der Waals surface area contributed by atoms with E-state index < -0.39 is 5.60 Å². The number of fused-ring (bicyclic) bond motifs is 2. The molecule has 0 bridgehead atoms. The maximum absolute atomic E-state index is 12.9. The van der Waals surface area contributed by atoms with E-state index in [1.165, 1.54) is 23.7 Å². The number of aromatic nitrogens is 5. The van der Waals surface area contributed by atoms with Gasteiger partial charge in [0.2, 0.25) is 5.88 Å². The Kier molecular flexibility index (Phi) is 8.61. The number of nitrogens with zero attached hydrogens (tertiary/aromatic N) is 6. The van der Waals surface area contributed by atoms with E-state index in [-0.39, 0.29) is 12.1 Å². The zero-order valence-corrected chi connectivity index (χ0v) is 28.8.